The molecule has 0 bridgehead atoms. The highest BCUT2D eigenvalue weighted by Crippen LogP contribution is 2.41. The molecule has 0 saturated carbocycles. The minimum Gasteiger partial charge on any atom is -0.497 e. The molecule has 2 atom stereocenters. The van der Waals surface area contributed by atoms with Crippen LogP contribution in [-0.4, -0.2) is 13.2 Å². The molecule has 22 heavy (non-hydrogen) atoms. The lowest BCUT2D eigenvalue weighted by Gasteiger charge is -2.42. The summed E-state index contributed by atoms with van der Waals surface area (Å²) in [5.41, 5.74) is 4.31. The van der Waals surface area contributed by atoms with E-state index in [1.54, 1.807) is 7.11 Å². The highest BCUT2D eigenvalue weighted by Gasteiger charge is 2.37. The van der Waals surface area contributed by atoms with Crippen LogP contribution in [0.15, 0.2) is 48.5 Å². The number of hydrogen-bond donors (Lipinski definition) is 1. The Balaban J connectivity index is 2.15. The predicted octanol–water partition coefficient (Wildman–Crippen LogP) is 4.35. The summed E-state index contributed by atoms with van der Waals surface area (Å²) in [5, 5.41) is 3.76. The molecule has 3 rings (SSSR count). The van der Waals surface area contributed by atoms with Gasteiger partial charge in [0.15, 0.2) is 0 Å². The number of hydrogen-bond acceptors (Lipinski definition) is 2. The van der Waals surface area contributed by atoms with Gasteiger partial charge in [-0.05, 0) is 34.2 Å². The van der Waals surface area contributed by atoms with Gasteiger partial charge in [-0.3, -0.25) is 0 Å². The molecule has 0 radical (unpaired) electrons. The van der Waals surface area contributed by atoms with E-state index in [4.69, 9.17) is 4.74 Å². The summed E-state index contributed by atoms with van der Waals surface area (Å²) >= 11 is 0. The molecule has 2 nitrogen and oxygen atoms in total. The van der Waals surface area contributed by atoms with E-state index >= 15 is 0 Å². The number of rotatable bonds is 2. The number of nitrogens with one attached hydrogen (secondary N) is 1. The second-order valence-electron chi connectivity index (χ2n) is 7.18. The molecule has 0 unspecified atom stereocenters. The summed E-state index contributed by atoms with van der Waals surface area (Å²) in [6.07, 6.45) is 0. The van der Waals surface area contributed by atoms with Crippen LogP contribution in [0, 0.1) is 5.41 Å². The monoisotopic (exact) mass is 295 g/mol. The van der Waals surface area contributed by atoms with Gasteiger partial charge in [-0.25, -0.2) is 0 Å². The zero-order valence-corrected chi connectivity index (χ0v) is 13.9. The van der Waals surface area contributed by atoms with Crippen LogP contribution in [0.1, 0.15) is 43.4 Å². The fourth-order valence-electron chi connectivity index (χ4n) is 3.51. The SMILES string of the molecule is COc1ccc2c(c1)[C@@H](c1ccccc1)[C@@H](C(C)(C)C)NC2. The van der Waals surface area contributed by atoms with E-state index in [0.29, 0.717) is 12.0 Å². The molecule has 1 heterocycles. The molecule has 1 aliphatic rings. The molecule has 2 heteroatoms. The molecule has 2 aromatic rings. The Labute approximate surface area is 133 Å². The smallest absolute Gasteiger partial charge is 0.119 e. The van der Waals surface area contributed by atoms with E-state index in [0.717, 1.165) is 12.3 Å². The largest absolute Gasteiger partial charge is 0.497 e. The maximum Gasteiger partial charge on any atom is 0.119 e. The molecule has 0 saturated heterocycles. The molecule has 1 N–H and O–H groups in total. The number of methoxy groups -OCH3 is 1. The van der Waals surface area contributed by atoms with Crippen molar-refractivity contribution in [2.75, 3.05) is 7.11 Å². The second-order valence-corrected chi connectivity index (χ2v) is 7.18. The van der Waals surface area contributed by atoms with E-state index in [-0.39, 0.29) is 5.41 Å². The molecule has 0 aliphatic carbocycles. The predicted molar refractivity (Wildman–Crippen MR) is 91.4 cm³/mol. The van der Waals surface area contributed by atoms with Gasteiger partial charge in [0.05, 0.1) is 7.11 Å². The van der Waals surface area contributed by atoms with Crippen molar-refractivity contribution in [3.63, 3.8) is 0 Å². The first-order chi connectivity index (χ1) is 10.5. The van der Waals surface area contributed by atoms with Gasteiger partial charge in [-0.15, -0.1) is 0 Å². The minimum absolute atomic E-state index is 0.182. The third kappa shape index (κ3) is 2.76. The van der Waals surface area contributed by atoms with Crippen molar-refractivity contribution in [3.8, 4) is 5.75 Å². The van der Waals surface area contributed by atoms with Crippen molar-refractivity contribution >= 4 is 0 Å². The Morgan fingerprint density at radius 1 is 1.05 bits per heavy atom. The fraction of sp³-hybridized carbons (Fsp3) is 0.400. The Bertz CT molecular complexity index is 643. The van der Waals surface area contributed by atoms with E-state index in [1.165, 1.54) is 16.7 Å². The van der Waals surface area contributed by atoms with Crippen LogP contribution in [0.2, 0.25) is 0 Å². The van der Waals surface area contributed by atoms with Gasteiger partial charge < -0.3 is 10.1 Å². The highest BCUT2D eigenvalue weighted by atomic mass is 16.5. The van der Waals surface area contributed by atoms with Gasteiger partial charge in [0, 0.05) is 18.5 Å². The van der Waals surface area contributed by atoms with Gasteiger partial charge >= 0.3 is 0 Å². The zero-order chi connectivity index (χ0) is 15.7. The van der Waals surface area contributed by atoms with Crippen LogP contribution >= 0.6 is 0 Å². The molecule has 0 spiro atoms. The first kappa shape index (κ1) is 15.1. The Morgan fingerprint density at radius 3 is 2.41 bits per heavy atom. The average Bonchev–Trinajstić information content (AvgIpc) is 2.53. The molecule has 0 amide bonds. The van der Waals surface area contributed by atoms with Gasteiger partial charge in [-0.1, -0.05) is 57.2 Å². The Hall–Kier alpha value is -1.80. The number of benzene rings is 2. The third-order valence-electron chi connectivity index (χ3n) is 4.63. The Kier molecular flexibility index (Phi) is 3.96. The van der Waals surface area contributed by atoms with Gasteiger partial charge in [0.1, 0.15) is 5.75 Å². The van der Waals surface area contributed by atoms with E-state index < -0.39 is 0 Å². The summed E-state index contributed by atoms with van der Waals surface area (Å²) in [5.74, 6) is 1.29. The lowest BCUT2D eigenvalue weighted by molar-refractivity contribution is 0.233. The van der Waals surface area contributed by atoms with Crippen molar-refractivity contribution in [3.05, 3.63) is 65.2 Å². The van der Waals surface area contributed by atoms with Gasteiger partial charge in [0.25, 0.3) is 0 Å². The van der Waals surface area contributed by atoms with E-state index in [9.17, 15) is 0 Å². The van der Waals surface area contributed by atoms with Crippen LogP contribution in [0.4, 0.5) is 0 Å². The first-order valence-electron chi connectivity index (χ1n) is 7.96. The third-order valence-corrected chi connectivity index (χ3v) is 4.63. The van der Waals surface area contributed by atoms with Crippen LogP contribution in [0.3, 0.4) is 0 Å². The molecule has 2 aromatic carbocycles. The van der Waals surface area contributed by atoms with Gasteiger partial charge in [-0.2, -0.15) is 0 Å². The summed E-state index contributed by atoms with van der Waals surface area (Å²) in [6, 6.07) is 17.7. The summed E-state index contributed by atoms with van der Waals surface area (Å²) in [6.45, 7) is 7.86. The minimum atomic E-state index is 0.182. The Morgan fingerprint density at radius 2 is 1.77 bits per heavy atom. The average molecular weight is 295 g/mol. The van der Waals surface area contributed by atoms with E-state index in [2.05, 4.69) is 74.6 Å². The number of fused-ring (bicyclic) bond motifs is 1. The van der Waals surface area contributed by atoms with Crippen molar-refractivity contribution < 1.29 is 4.74 Å². The van der Waals surface area contributed by atoms with Crippen molar-refractivity contribution in [2.45, 2.75) is 39.3 Å². The highest BCUT2D eigenvalue weighted by molar-refractivity contribution is 5.46. The fourth-order valence-corrected chi connectivity index (χ4v) is 3.51. The molecule has 0 aromatic heterocycles. The van der Waals surface area contributed by atoms with Crippen LogP contribution in [0.25, 0.3) is 0 Å². The zero-order valence-electron chi connectivity index (χ0n) is 13.9. The van der Waals surface area contributed by atoms with Crippen LogP contribution in [-0.2, 0) is 6.54 Å². The van der Waals surface area contributed by atoms with Gasteiger partial charge in [0.2, 0.25) is 0 Å². The number of ether oxygens (including phenoxy) is 1. The lowest BCUT2D eigenvalue weighted by atomic mass is 9.70. The maximum atomic E-state index is 5.46. The summed E-state index contributed by atoms with van der Waals surface area (Å²) in [7, 11) is 1.74. The molecule has 1 aliphatic heterocycles. The van der Waals surface area contributed by atoms with Crippen molar-refractivity contribution in [1.29, 1.82) is 0 Å². The first-order valence-corrected chi connectivity index (χ1v) is 7.96. The van der Waals surface area contributed by atoms with E-state index in [1.807, 2.05) is 0 Å². The molecule has 0 fully saturated rings. The quantitative estimate of drug-likeness (QED) is 0.889. The van der Waals surface area contributed by atoms with Crippen LogP contribution < -0.4 is 10.1 Å². The second kappa shape index (κ2) is 5.77. The normalized spacial score (nSPS) is 21.3. The van der Waals surface area contributed by atoms with Crippen LogP contribution in [0.5, 0.6) is 5.75 Å². The lowest BCUT2D eigenvalue weighted by Crippen LogP contribution is -2.48. The van der Waals surface area contributed by atoms with Crippen molar-refractivity contribution in [1.82, 2.24) is 5.32 Å². The maximum absolute atomic E-state index is 5.46. The molecular formula is C20H25NO. The standard InChI is InChI=1S/C20H25NO/c1-20(2,3)19-18(14-8-6-5-7-9-14)17-12-16(22-4)11-10-15(17)13-21-19/h5-12,18-19,21H,13H2,1-4H3/t18-,19+/m1/s1. The molecular weight excluding hydrogens is 270 g/mol. The summed E-state index contributed by atoms with van der Waals surface area (Å²) in [4.78, 5) is 0. The van der Waals surface area contributed by atoms with Crippen molar-refractivity contribution in [2.24, 2.45) is 5.41 Å². The topological polar surface area (TPSA) is 21.3 Å². The molecule has 116 valence electrons. The summed E-state index contributed by atoms with van der Waals surface area (Å²) < 4.78 is 5.46.